The van der Waals surface area contributed by atoms with Gasteiger partial charge in [0.2, 0.25) is 5.91 Å². The molecule has 132 valence electrons. The Morgan fingerprint density at radius 1 is 1.24 bits per heavy atom. The number of carbonyl (C=O) groups excluding carboxylic acids is 2. The van der Waals surface area contributed by atoms with Gasteiger partial charge in [-0.2, -0.15) is 5.10 Å². The molecule has 2 aromatic rings. The highest BCUT2D eigenvalue weighted by Crippen LogP contribution is 2.30. The number of aromatic nitrogens is 2. The van der Waals surface area contributed by atoms with Crippen molar-refractivity contribution in [2.75, 3.05) is 19.0 Å². The Morgan fingerprint density at radius 3 is 2.52 bits per heavy atom. The predicted molar refractivity (Wildman–Crippen MR) is 93.0 cm³/mol. The van der Waals surface area contributed by atoms with Gasteiger partial charge in [0.05, 0.1) is 11.7 Å². The summed E-state index contributed by atoms with van der Waals surface area (Å²) in [5.41, 5.74) is 2.79. The quantitative estimate of drug-likeness (QED) is 0.919. The van der Waals surface area contributed by atoms with Crippen LogP contribution in [0.4, 0.5) is 5.82 Å². The second-order valence-corrected chi connectivity index (χ2v) is 6.38. The molecule has 0 saturated carbocycles. The third-order valence-electron chi connectivity index (χ3n) is 4.41. The Morgan fingerprint density at radius 2 is 1.92 bits per heavy atom. The zero-order valence-corrected chi connectivity index (χ0v) is 14.8. The van der Waals surface area contributed by atoms with Crippen LogP contribution < -0.4 is 5.32 Å². The Labute approximate surface area is 146 Å². The van der Waals surface area contributed by atoms with Crippen molar-refractivity contribution in [1.29, 1.82) is 0 Å². The fourth-order valence-electron chi connectivity index (χ4n) is 3.02. The summed E-state index contributed by atoms with van der Waals surface area (Å²) in [6, 6.07) is 9.08. The number of benzene rings is 1. The van der Waals surface area contributed by atoms with Gasteiger partial charge in [-0.1, -0.05) is 29.8 Å². The first kappa shape index (κ1) is 17.2. The molecule has 0 unspecified atom stereocenters. The Kier molecular flexibility index (Phi) is 4.59. The summed E-state index contributed by atoms with van der Waals surface area (Å²) in [4.78, 5) is 26.5. The SMILES string of the molecule is Cc1ccc([C@H]2[C@@H](C(=O)Nc3cc(C)nn3C)OCC(=O)N2C)cc1. The molecule has 0 spiro atoms. The molecule has 0 radical (unpaired) electrons. The highest BCUT2D eigenvalue weighted by atomic mass is 16.5. The molecule has 1 aliphatic rings. The van der Waals surface area contributed by atoms with Crippen molar-refractivity contribution in [2.45, 2.75) is 26.0 Å². The van der Waals surface area contributed by atoms with Crippen LogP contribution in [0.5, 0.6) is 0 Å². The lowest BCUT2D eigenvalue weighted by Gasteiger charge is -2.38. The molecule has 1 N–H and O–H groups in total. The average Bonchev–Trinajstić information content (AvgIpc) is 2.88. The lowest BCUT2D eigenvalue weighted by molar-refractivity contribution is -0.160. The maximum atomic E-state index is 12.8. The van der Waals surface area contributed by atoms with Gasteiger partial charge in [0.1, 0.15) is 12.4 Å². The maximum absolute atomic E-state index is 12.8. The first-order chi connectivity index (χ1) is 11.9. The Hall–Kier alpha value is -2.67. The summed E-state index contributed by atoms with van der Waals surface area (Å²) in [5, 5.41) is 7.07. The zero-order valence-electron chi connectivity index (χ0n) is 14.8. The van der Waals surface area contributed by atoms with Gasteiger partial charge in [0.15, 0.2) is 6.10 Å². The van der Waals surface area contributed by atoms with Gasteiger partial charge in [0, 0.05) is 20.2 Å². The van der Waals surface area contributed by atoms with E-state index in [9.17, 15) is 9.59 Å². The van der Waals surface area contributed by atoms with Gasteiger partial charge in [-0.25, -0.2) is 0 Å². The van der Waals surface area contributed by atoms with Crippen molar-refractivity contribution in [3.8, 4) is 0 Å². The first-order valence-corrected chi connectivity index (χ1v) is 8.12. The van der Waals surface area contributed by atoms with E-state index in [4.69, 9.17) is 4.74 Å². The number of ether oxygens (including phenoxy) is 1. The molecule has 1 aromatic heterocycles. The number of nitrogens with zero attached hydrogens (tertiary/aromatic N) is 3. The minimum atomic E-state index is -0.791. The van der Waals surface area contributed by atoms with E-state index in [-0.39, 0.29) is 18.4 Å². The smallest absolute Gasteiger partial charge is 0.257 e. The number of hydrogen-bond donors (Lipinski definition) is 1. The summed E-state index contributed by atoms with van der Waals surface area (Å²) in [5.74, 6) is 0.146. The second kappa shape index (κ2) is 6.68. The molecule has 0 bridgehead atoms. The van der Waals surface area contributed by atoms with Gasteiger partial charge in [-0.15, -0.1) is 0 Å². The molecule has 2 amide bonds. The van der Waals surface area contributed by atoms with Gasteiger partial charge in [0.25, 0.3) is 5.91 Å². The summed E-state index contributed by atoms with van der Waals surface area (Å²) in [6.07, 6.45) is -0.791. The highest BCUT2D eigenvalue weighted by molar-refractivity contribution is 5.95. The fraction of sp³-hybridized carbons (Fsp3) is 0.389. The molecule has 1 saturated heterocycles. The molecule has 7 nitrogen and oxygen atoms in total. The molecular formula is C18H22N4O3. The number of amides is 2. The van der Waals surface area contributed by atoms with E-state index in [0.717, 1.165) is 16.8 Å². The van der Waals surface area contributed by atoms with E-state index in [1.807, 2.05) is 38.1 Å². The number of nitrogens with one attached hydrogen (secondary N) is 1. The molecule has 1 aliphatic heterocycles. The summed E-state index contributed by atoms with van der Waals surface area (Å²) in [6.45, 7) is 3.74. The largest absolute Gasteiger partial charge is 0.356 e. The van der Waals surface area contributed by atoms with Crippen molar-refractivity contribution in [3.05, 3.63) is 47.2 Å². The lowest BCUT2D eigenvalue weighted by Crippen LogP contribution is -2.51. The van der Waals surface area contributed by atoms with Crippen LogP contribution in [-0.4, -0.2) is 46.3 Å². The summed E-state index contributed by atoms with van der Waals surface area (Å²) in [7, 11) is 3.46. The lowest BCUT2D eigenvalue weighted by atomic mass is 9.97. The molecule has 1 fully saturated rings. The van der Waals surface area contributed by atoms with Crippen LogP contribution in [0.2, 0.25) is 0 Å². The van der Waals surface area contributed by atoms with Gasteiger partial charge < -0.3 is 15.0 Å². The van der Waals surface area contributed by atoms with Gasteiger partial charge in [-0.05, 0) is 19.4 Å². The minimum absolute atomic E-state index is 0.110. The molecule has 2 atom stereocenters. The van der Waals surface area contributed by atoms with Crippen molar-refractivity contribution >= 4 is 17.6 Å². The zero-order chi connectivity index (χ0) is 18.1. The highest BCUT2D eigenvalue weighted by Gasteiger charge is 2.40. The Balaban J connectivity index is 1.88. The topological polar surface area (TPSA) is 76.5 Å². The van der Waals surface area contributed by atoms with Crippen LogP contribution in [-0.2, 0) is 21.4 Å². The number of rotatable bonds is 3. The van der Waals surface area contributed by atoms with Crippen LogP contribution in [0.15, 0.2) is 30.3 Å². The van der Waals surface area contributed by atoms with Crippen LogP contribution >= 0.6 is 0 Å². The molecule has 2 heterocycles. The second-order valence-electron chi connectivity index (χ2n) is 6.38. The van der Waals surface area contributed by atoms with E-state index < -0.39 is 12.1 Å². The third-order valence-corrected chi connectivity index (χ3v) is 4.41. The van der Waals surface area contributed by atoms with E-state index in [0.29, 0.717) is 5.82 Å². The molecular weight excluding hydrogens is 320 g/mol. The van der Waals surface area contributed by atoms with Crippen molar-refractivity contribution < 1.29 is 14.3 Å². The number of anilines is 1. The van der Waals surface area contributed by atoms with Crippen molar-refractivity contribution in [1.82, 2.24) is 14.7 Å². The van der Waals surface area contributed by atoms with Crippen LogP contribution in [0.25, 0.3) is 0 Å². The molecule has 25 heavy (non-hydrogen) atoms. The summed E-state index contributed by atoms with van der Waals surface area (Å²) < 4.78 is 7.21. The van der Waals surface area contributed by atoms with Crippen LogP contribution in [0, 0.1) is 13.8 Å². The first-order valence-electron chi connectivity index (χ1n) is 8.12. The van der Waals surface area contributed by atoms with Crippen LogP contribution in [0.1, 0.15) is 22.9 Å². The monoisotopic (exact) mass is 342 g/mol. The van der Waals surface area contributed by atoms with E-state index >= 15 is 0 Å². The van der Waals surface area contributed by atoms with E-state index in [1.165, 1.54) is 0 Å². The van der Waals surface area contributed by atoms with Crippen molar-refractivity contribution in [3.63, 3.8) is 0 Å². The average molecular weight is 342 g/mol. The molecule has 7 heteroatoms. The number of carbonyl (C=O) groups is 2. The van der Waals surface area contributed by atoms with Crippen molar-refractivity contribution in [2.24, 2.45) is 7.05 Å². The third kappa shape index (κ3) is 3.41. The normalized spacial score (nSPS) is 20.6. The van der Waals surface area contributed by atoms with E-state index in [2.05, 4.69) is 10.4 Å². The number of aryl methyl sites for hydroxylation is 3. The van der Waals surface area contributed by atoms with E-state index in [1.54, 1.807) is 29.7 Å². The molecule has 0 aliphatic carbocycles. The maximum Gasteiger partial charge on any atom is 0.257 e. The van der Waals surface area contributed by atoms with Crippen LogP contribution in [0.3, 0.4) is 0 Å². The number of likely N-dealkylation sites (N-methyl/N-ethyl adjacent to an activating group) is 1. The van der Waals surface area contributed by atoms with Gasteiger partial charge in [-0.3, -0.25) is 14.3 Å². The Bertz CT molecular complexity index is 797. The minimum Gasteiger partial charge on any atom is -0.356 e. The number of morpholine rings is 1. The fourth-order valence-corrected chi connectivity index (χ4v) is 3.02. The number of hydrogen-bond acceptors (Lipinski definition) is 4. The van der Waals surface area contributed by atoms with Gasteiger partial charge >= 0.3 is 0 Å². The molecule has 3 rings (SSSR count). The molecule has 1 aromatic carbocycles. The predicted octanol–water partition coefficient (Wildman–Crippen LogP) is 1.57. The summed E-state index contributed by atoms with van der Waals surface area (Å²) >= 11 is 0. The standard InChI is InChI=1S/C18H22N4O3/c1-11-5-7-13(8-6-11)16-17(25-10-15(23)21(16)3)18(24)19-14-9-12(2)20-22(14)4/h5-9,16-17H,10H2,1-4H3,(H,19,24)/t16-,17-/m0/s1.